The fourth-order valence-corrected chi connectivity index (χ4v) is 0.520. The van der Waals surface area contributed by atoms with Gasteiger partial charge in [0, 0.05) is 0 Å². The first-order valence-corrected chi connectivity index (χ1v) is 3.71. The lowest BCUT2D eigenvalue weighted by molar-refractivity contribution is 0.199. The van der Waals surface area contributed by atoms with Gasteiger partial charge in [0.1, 0.15) is 13.2 Å². The van der Waals surface area contributed by atoms with Crippen LogP contribution in [-0.4, -0.2) is 24.9 Å². The first-order chi connectivity index (χ1) is 5.41. The third-order valence-electron chi connectivity index (χ3n) is 0.995. The molecule has 0 aromatic carbocycles. The van der Waals surface area contributed by atoms with Crippen LogP contribution < -0.4 is 0 Å². The molecule has 0 atom stereocenters. The molecule has 0 aliphatic carbocycles. The van der Waals surface area contributed by atoms with Gasteiger partial charge in [-0.15, -0.1) is 0 Å². The van der Waals surface area contributed by atoms with Crippen molar-refractivity contribution in [3.63, 3.8) is 0 Å². The van der Waals surface area contributed by atoms with Crippen molar-refractivity contribution in [2.75, 3.05) is 19.8 Å². The molecule has 2 nitrogen and oxygen atoms in total. The Morgan fingerprint density at radius 3 is 2.82 bits per heavy atom. The first-order valence-electron chi connectivity index (χ1n) is 3.71. The molecule has 0 aliphatic rings. The summed E-state index contributed by atoms with van der Waals surface area (Å²) in [4.78, 5) is 0. The Bertz CT molecular complexity index is 151. The molecular formula is C9H14O2. The monoisotopic (exact) mass is 154 g/mol. The molecule has 0 unspecified atom stereocenters. The number of rotatable bonds is 4. The Labute approximate surface area is 67.9 Å². The van der Waals surface area contributed by atoms with Gasteiger partial charge in [0.2, 0.25) is 0 Å². The zero-order valence-corrected chi connectivity index (χ0v) is 6.84. The Hall–Kier alpha value is -0.780. The van der Waals surface area contributed by atoms with E-state index in [0.29, 0.717) is 13.2 Å². The summed E-state index contributed by atoms with van der Waals surface area (Å²) in [6, 6.07) is 0. The molecule has 1 N–H and O–H groups in total. The minimum absolute atomic E-state index is 0.0891. The van der Waals surface area contributed by atoms with E-state index in [0.717, 1.165) is 6.42 Å². The maximum Gasteiger partial charge on any atom is 0.108 e. The van der Waals surface area contributed by atoms with E-state index in [1.54, 1.807) is 0 Å². The lowest BCUT2D eigenvalue weighted by atomic mass is 10.4. The molecule has 0 amide bonds. The van der Waals surface area contributed by atoms with Crippen molar-refractivity contribution in [1.82, 2.24) is 0 Å². The zero-order valence-electron chi connectivity index (χ0n) is 6.84. The largest absolute Gasteiger partial charge is 0.384 e. The summed E-state index contributed by atoms with van der Waals surface area (Å²) in [6.07, 6.45) is 5.03. The van der Waals surface area contributed by atoms with Gasteiger partial charge in [0.05, 0.1) is 6.61 Å². The van der Waals surface area contributed by atoms with Crippen LogP contribution in [0.2, 0.25) is 0 Å². The Morgan fingerprint density at radius 2 is 2.18 bits per heavy atom. The highest BCUT2D eigenvalue weighted by Crippen LogP contribution is 1.80. The fraction of sp³-hybridized carbons (Fsp3) is 0.556. The van der Waals surface area contributed by atoms with Crippen LogP contribution in [0.1, 0.15) is 13.3 Å². The minimum Gasteiger partial charge on any atom is -0.384 e. The molecule has 0 fully saturated rings. The van der Waals surface area contributed by atoms with Gasteiger partial charge < -0.3 is 9.84 Å². The summed E-state index contributed by atoms with van der Waals surface area (Å²) < 4.78 is 5.07. The van der Waals surface area contributed by atoms with E-state index in [1.807, 2.05) is 12.2 Å². The molecule has 0 saturated heterocycles. The fourth-order valence-electron chi connectivity index (χ4n) is 0.520. The van der Waals surface area contributed by atoms with E-state index in [1.165, 1.54) is 0 Å². The van der Waals surface area contributed by atoms with Crippen LogP contribution in [0, 0.1) is 11.8 Å². The summed E-state index contributed by atoms with van der Waals surface area (Å²) in [7, 11) is 0. The molecule has 0 rings (SSSR count). The second-order valence-corrected chi connectivity index (χ2v) is 1.91. The number of aliphatic hydroxyl groups excluding tert-OH is 1. The maximum absolute atomic E-state index is 8.26. The molecule has 0 bridgehead atoms. The predicted octanol–water partition coefficient (Wildman–Crippen LogP) is 0.965. The number of ether oxygens (including phenoxy) is 1. The van der Waals surface area contributed by atoms with Gasteiger partial charge in [-0.2, -0.15) is 0 Å². The number of aliphatic hydroxyl groups is 1. The number of hydrogen-bond acceptors (Lipinski definition) is 2. The number of hydrogen-bond donors (Lipinski definition) is 1. The van der Waals surface area contributed by atoms with Crippen molar-refractivity contribution in [3.8, 4) is 11.8 Å². The highest BCUT2D eigenvalue weighted by Gasteiger charge is 1.76. The van der Waals surface area contributed by atoms with Crippen molar-refractivity contribution in [3.05, 3.63) is 12.2 Å². The van der Waals surface area contributed by atoms with E-state index in [4.69, 9.17) is 9.84 Å². The molecule has 0 radical (unpaired) electrons. The van der Waals surface area contributed by atoms with Gasteiger partial charge >= 0.3 is 0 Å². The van der Waals surface area contributed by atoms with E-state index >= 15 is 0 Å². The minimum atomic E-state index is -0.0891. The Morgan fingerprint density at radius 1 is 1.36 bits per heavy atom. The summed E-state index contributed by atoms with van der Waals surface area (Å²) in [5.74, 6) is 5.15. The normalized spacial score (nSPS) is 9.64. The van der Waals surface area contributed by atoms with Gasteiger partial charge in [0.15, 0.2) is 0 Å². The summed E-state index contributed by atoms with van der Waals surface area (Å²) in [6.45, 7) is 2.98. The zero-order chi connectivity index (χ0) is 8.36. The van der Waals surface area contributed by atoms with E-state index < -0.39 is 0 Å². The van der Waals surface area contributed by atoms with Gasteiger partial charge in [-0.3, -0.25) is 0 Å². The Kier molecular flexibility index (Phi) is 8.57. The molecule has 62 valence electrons. The summed E-state index contributed by atoms with van der Waals surface area (Å²) >= 11 is 0. The third kappa shape index (κ3) is 9.22. The van der Waals surface area contributed by atoms with Crippen LogP contribution in [0.15, 0.2) is 12.2 Å². The van der Waals surface area contributed by atoms with Crippen LogP contribution in [0.5, 0.6) is 0 Å². The standard InChI is InChI=1S/C9H14O2/c1-2-3-5-8-11-9-6-4-7-10/h3,5,10H,2,7-9H2,1H3/b5-3-. The molecule has 0 spiro atoms. The summed E-state index contributed by atoms with van der Waals surface area (Å²) in [5.41, 5.74) is 0. The number of allylic oxidation sites excluding steroid dienone is 1. The SMILES string of the molecule is CC/C=C\COCC#CCO. The van der Waals surface area contributed by atoms with Gasteiger partial charge in [-0.05, 0) is 6.42 Å². The van der Waals surface area contributed by atoms with Crippen LogP contribution in [0.25, 0.3) is 0 Å². The van der Waals surface area contributed by atoms with Crippen molar-refractivity contribution in [2.45, 2.75) is 13.3 Å². The molecule has 2 heteroatoms. The Balaban J connectivity index is 3.08. The van der Waals surface area contributed by atoms with Crippen LogP contribution in [-0.2, 0) is 4.74 Å². The van der Waals surface area contributed by atoms with Crippen molar-refractivity contribution in [1.29, 1.82) is 0 Å². The average molecular weight is 154 g/mol. The lowest BCUT2D eigenvalue weighted by Crippen LogP contribution is -1.90. The van der Waals surface area contributed by atoms with Crippen LogP contribution in [0.3, 0.4) is 0 Å². The van der Waals surface area contributed by atoms with Crippen molar-refractivity contribution in [2.24, 2.45) is 0 Å². The molecule has 0 aromatic heterocycles. The maximum atomic E-state index is 8.26. The molecule has 0 aliphatic heterocycles. The smallest absolute Gasteiger partial charge is 0.108 e. The quantitative estimate of drug-likeness (QED) is 0.371. The second kappa shape index (κ2) is 9.22. The molecule has 0 saturated carbocycles. The first kappa shape index (κ1) is 10.2. The molecule has 0 aromatic rings. The highest BCUT2D eigenvalue weighted by molar-refractivity contribution is 4.98. The van der Waals surface area contributed by atoms with Crippen molar-refractivity contribution < 1.29 is 9.84 Å². The van der Waals surface area contributed by atoms with Gasteiger partial charge in [-0.25, -0.2) is 0 Å². The van der Waals surface area contributed by atoms with Crippen LogP contribution in [0.4, 0.5) is 0 Å². The lowest BCUT2D eigenvalue weighted by Gasteiger charge is -1.90. The molecule has 0 heterocycles. The van der Waals surface area contributed by atoms with E-state index in [2.05, 4.69) is 18.8 Å². The van der Waals surface area contributed by atoms with Crippen molar-refractivity contribution >= 4 is 0 Å². The van der Waals surface area contributed by atoms with E-state index in [9.17, 15) is 0 Å². The predicted molar refractivity (Wildman–Crippen MR) is 45.1 cm³/mol. The van der Waals surface area contributed by atoms with Gasteiger partial charge in [0.25, 0.3) is 0 Å². The molecule has 11 heavy (non-hydrogen) atoms. The highest BCUT2D eigenvalue weighted by atomic mass is 16.5. The second-order valence-electron chi connectivity index (χ2n) is 1.91. The topological polar surface area (TPSA) is 29.5 Å². The average Bonchev–Trinajstić information content (AvgIpc) is 2.03. The van der Waals surface area contributed by atoms with E-state index in [-0.39, 0.29) is 6.61 Å². The summed E-state index contributed by atoms with van der Waals surface area (Å²) in [5, 5.41) is 8.26. The third-order valence-corrected chi connectivity index (χ3v) is 0.995. The molecular weight excluding hydrogens is 140 g/mol. The van der Waals surface area contributed by atoms with Gasteiger partial charge in [-0.1, -0.05) is 30.9 Å². The van der Waals surface area contributed by atoms with Crippen LogP contribution >= 0.6 is 0 Å².